The molecule has 0 fully saturated rings. The van der Waals surface area contributed by atoms with E-state index in [2.05, 4.69) is 21.4 Å². The zero-order chi connectivity index (χ0) is 21.9. The lowest BCUT2D eigenvalue weighted by atomic mass is 10.0. The minimum atomic E-state index is -0.229. The molecule has 7 heteroatoms. The average Bonchev–Trinajstić information content (AvgIpc) is 3.20. The molecule has 0 radical (unpaired) electrons. The molecule has 2 amide bonds. The van der Waals surface area contributed by atoms with E-state index in [1.165, 1.54) is 11.8 Å². The molecule has 160 valence electrons. The van der Waals surface area contributed by atoms with Gasteiger partial charge in [0.2, 0.25) is 5.91 Å². The van der Waals surface area contributed by atoms with Crippen LogP contribution in [0.1, 0.15) is 28.2 Å². The fourth-order valence-electron chi connectivity index (χ4n) is 4.21. The number of anilines is 1. The first-order chi connectivity index (χ1) is 15.7. The maximum Gasteiger partial charge on any atom is 0.253 e. The summed E-state index contributed by atoms with van der Waals surface area (Å²) in [5.74, 6) is 0.426. The summed E-state index contributed by atoms with van der Waals surface area (Å²) in [5.41, 5.74) is 4.34. The highest BCUT2D eigenvalue weighted by molar-refractivity contribution is 5.95. The van der Waals surface area contributed by atoms with Crippen molar-refractivity contribution in [2.45, 2.75) is 25.9 Å². The second-order valence-electron chi connectivity index (χ2n) is 7.80. The first kappa shape index (κ1) is 19.9. The van der Waals surface area contributed by atoms with Gasteiger partial charge in [-0.05, 0) is 48.7 Å². The molecular formula is C25H23N5O2. The van der Waals surface area contributed by atoms with Gasteiger partial charge in [-0.1, -0.05) is 30.3 Å². The molecule has 5 rings (SSSR count). The number of imidazole rings is 1. The van der Waals surface area contributed by atoms with Crippen molar-refractivity contribution in [2.24, 2.45) is 0 Å². The van der Waals surface area contributed by atoms with E-state index in [1.807, 2.05) is 51.9 Å². The van der Waals surface area contributed by atoms with Crippen LogP contribution in [-0.4, -0.2) is 32.9 Å². The van der Waals surface area contributed by atoms with Crippen LogP contribution in [0.3, 0.4) is 0 Å². The van der Waals surface area contributed by atoms with Gasteiger partial charge in [-0.3, -0.25) is 14.6 Å². The highest BCUT2D eigenvalue weighted by Gasteiger charge is 2.24. The predicted octanol–water partition coefficient (Wildman–Crippen LogP) is 3.34. The number of nitrogens with zero attached hydrogens (tertiary/aromatic N) is 4. The maximum atomic E-state index is 13.4. The Morgan fingerprint density at radius 1 is 1.00 bits per heavy atom. The molecule has 2 aromatic heterocycles. The van der Waals surface area contributed by atoms with E-state index >= 15 is 0 Å². The van der Waals surface area contributed by atoms with Crippen LogP contribution in [0.2, 0.25) is 0 Å². The van der Waals surface area contributed by atoms with Gasteiger partial charge < -0.3 is 14.8 Å². The largest absolute Gasteiger partial charge is 0.345 e. The Hall–Kier alpha value is -4.00. The van der Waals surface area contributed by atoms with E-state index in [0.717, 1.165) is 29.6 Å². The van der Waals surface area contributed by atoms with Gasteiger partial charge in [0.25, 0.3) is 5.91 Å². The van der Waals surface area contributed by atoms with Gasteiger partial charge >= 0.3 is 0 Å². The SMILES string of the molecule is O=C(NCc1nc2ccccc2n1CC(=O)N1CCCc2ccccc21)c1cccnc1. The molecule has 0 saturated heterocycles. The average molecular weight is 425 g/mol. The van der Waals surface area contributed by atoms with Gasteiger partial charge in [0.15, 0.2) is 0 Å². The van der Waals surface area contributed by atoms with Crippen molar-refractivity contribution in [1.29, 1.82) is 0 Å². The van der Waals surface area contributed by atoms with E-state index in [9.17, 15) is 9.59 Å². The van der Waals surface area contributed by atoms with Crippen molar-refractivity contribution < 1.29 is 9.59 Å². The number of benzene rings is 2. The first-order valence-corrected chi connectivity index (χ1v) is 10.7. The van der Waals surface area contributed by atoms with E-state index in [-0.39, 0.29) is 24.9 Å². The number of rotatable bonds is 5. The molecule has 7 nitrogen and oxygen atoms in total. The van der Waals surface area contributed by atoms with Crippen molar-refractivity contribution in [3.63, 3.8) is 0 Å². The molecule has 0 aliphatic carbocycles. The molecule has 2 aromatic carbocycles. The highest BCUT2D eigenvalue weighted by Crippen LogP contribution is 2.27. The summed E-state index contributed by atoms with van der Waals surface area (Å²) >= 11 is 0. The molecule has 1 aliphatic rings. The Morgan fingerprint density at radius 2 is 1.84 bits per heavy atom. The van der Waals surface area contributed by atoms with E-state index in [0.29, 0.717) is 17.9 Å². The normalized spacial score (nSPS) is 13.1. The van der Waals surface area contributed by atoms with Crippen LogP contribution in [0, 0.1) is 0 Å². The summed E-state index contributed by atoms with van der Waals surface area (Å²) in [6, 6.07) is 19.2. The number of nitrogens with one attached hydrogen (secondary N) is 1. The van der Waals surface area contributed by atoms with Crippen LogP contribution in [0.4, 0.5) is 5.69 Å². The van der Waals surface area contributed by atoms with Gasteiger partial charge in [0, 0.05) is 24.6 Å². The molecule has 1 N–H and O–H groups in total. The Balaban J connectivity index is 1.41. The number of aryl methyl sites for hydroxylation is 1. The summed E-state index contributed by atoms with van der Waals surface area (Å²) in [5, 5.41) is 2.90. The number of pyridine rings is 1. The standard InChI is InChI=1S/C25H23N5O2/c31-24(29-14-6-9-18-7-1-3-11-21(18)29)17-30-22-12-4-2-10-20(22)28-23(30)16-27-25(32)19-8-5-13-26-15-19/h1-5,7-8,10-13,15H,6,9,14,16-17H2,(H,27,32). The van der Waals surface area contributed by atoms with Crippen LogP contribution in [0.15, 0.2) is 73.1 Å². The summed E-state index contributed by atoms with van der Waals surface area (Å²) in [4.78, 5) is 36.4. The van der Waals surface area contributed by atoms with Gasteiger partial charge in [0.1, 0.15) is 12.4 Å². The number of hydrogen-bond donors (Lipinski definition) is 1. The van der Waals surface area contributed by atoms with Gasteiger partial charge in [-0.2, -0.15) is 0 Å². The summed E-state index contributed by atoms with van der Waals surface area (Å²) in [6.07, 6.45) is 5.08. The molecule has 4 aromatic rings. The van der Waals surface area contributed by atoms with Crippen LogP contribution < -0.4 is 10.2 Å². The minimum Gasteiger partial charge on any atom is -0.345 e. The molecule has 0 bridgehead atoms. The van der Waals surface area contributed by atoms with Crippen LogP contribution in [-0.2, 0) is 24.3 Å². The summed E-state index contributed by atoms with van der Waals surface area (Å²) < 4.78 is 1.90. The number of para-hydroxylation sites is 3. The number of carbonyl (C=O) groups excluding carboxylic acids is 2. The molecule has 0 saturated carbocycles. The predicted molar refractivity (Wildman–Crippen MR) is 122 cm³/mol. The molecule has 32 heavy (non-hydrogen) atoms. The van der Waals surface area contributed by atoms with E-state index < -0.39 is 0 Å². The number of aromatic nitrogens is 3. The molecular weight excluding hydrogens is 402 g/mol. The smallest absolute Gasteiger partial charge is 0.253 e. The molecule has 0 atom stereocenters. The van der Waals surface area contributed by atoms with Crippen molar-refractivity contribution in [3.8, 4) is 0 Å². The molecule has 0 spiro atoms. The Morgan fingerprint density at radius 3 is 2.72 bits per heavy atom. The van der Waals surface area contributed by atoms with Crippen molar-refractivity contribution in [1.82, 2.24) is 19.9 Å². The number of hydrogen-bond acceptors (Lipinski definition) is 4. The lowest BCUT2D eigenvalue weighted by Gasteiger charge is -2.29. The number of fused-ring (bicyclic) bond motifs is 2. The zero-order valence-electron chi connectivity index (χ0n) is 17.6. The number of amides is 2. The molecule has 0 unspecified atom stereocenters. The molecule has 3 heterocycles. The van der Waals surface area contributed by atoms with E-state index in [4.69, 9.17) is 0 Å². The van der Waals surface area contributed by atoms with Gasteiger partial charge in [-0.25, -0.2) is 4.98 Å². The second-order valence-corrected chi connectivity index (χ2v) is 7.80. The third-order valence-corrected chi connectivity index (χ3v) is 5.77. The lowest BCUT2D eigenvalue weighted by molar-refractivity contribution is -0.119. The maximum absolute atomic E-state index is 13.4. The molecule has 1 aliphatic heterocycles. The first-order valence-electron chi connectivity index (χ1n) is 10.7. The van der Waals surface area contributed by atoms with Crippen molar-refractivity contribution in [3.05, 3.63) is 90.0 Å². The summed E-state index contributed by atoms with van der Waals surface area (Å²) in [7, 11) is 0. The fourth-order valence-corrected chi connectivity index (χ4v) is 4.21. The van der Waals surface area contributed by atoms with Crippen molar-refractivity contribution >= 4 is 28.5 Å². The van der Waals surface area contributed by atoms with Crippen molar-refractivity contribution in [2.75, 3.05) is 11.4 Å². The Kier molecular flexibility index (Phi) is 5.37. The van der Waals surface area contributed by atoms with Crippen LogP contribution in [0.25, 0.3) is 11.0 Å². The van der Waals surface area contributed by atoms with E-state index in [1.54, 1.807) is 18.3 Å². The highest BCUT2D eigenvalue weighted by atomic mass is 16.2. The Bertz CT molecular complexity index is 1280. The van der Waals surface area contributed by atoms with Crippen LogP contribution in [0.5, 0.6) is 0 Å². The fraction of sp³-hybridized carbons (Fsp3) is 0.200. The monoisotopic (exact) mass is 425 g/mol. The zero-order valence-corrected chi connectivity index (χ0v) is 17.6. The number of carbonyl (C=O) groups is 2. The quantitative estimate of drug-likeness (QED) is 0.532. The van der Waals surface area contributed by atoms with Gasteiger partial charge in [-0.15, -0.1) is 0 Å². The van der Waals surface area contributed by atoms with Gasteiger partial charge in [0.05, 0.1) is 23.1 Å². The summed E-state index contributed by atoms with van der Waals surface area (Å²) in [6.45, 7) is 1.08. The Labute approximate surface area is 185 Å². The topological polar surface area (TPSA) is 80.1 Å². The third kappa shape index (κ3) is 3.85. The third-order valence-electron chi connectivity index (χ3n) is 5.77. The van der Waals surface area contributed by atoms with Crippen LogP contribution >= 0.6 is 0 Å². The second kappa shape index (κ2) is 8.63. The lowest BCUT2D eigenvalue weighted by Crippen LogP contribution is -2.38. The minimum absolute atomic E-state index is 0.0140.